The molecule has 0 saturated heterocycles. The Morgan fingerprint density at radius 2 is 2.50 bits per heavy atom. The summed E-state index contributed by atoms with van der Waals surface area (Å²) in [5, 5.41) is 3.77. The average molecular weight is 189 g/mol. The molecule has 74 valence electrons. The number of furan rings is 1. The molecule has 2 heterocycles. The second kappa shape index (κ2) is 2.25. The molecule has 3 atom stereocenters. The van der Waals surface area contributed by atoms with Gasteiger partial charge in [-0.2, -0.15) is 0 Å². The van der Waals surface area contributed by atoms with E-state index in [1.165, 1.54) is 30.6 Å². The fraction of sp³-hybridized carbons (Fsp3) is 0.667. The monoisotopic (exact) mass is 189 g/mol. The van der Waals surface area contributed by atoms with E-state index in [0.29, 0.717) is 5.54 Å². The number of hydrogen-bond donors (Lipinski definition) is 1. The molecule has 2 nitrogen and oxygen atoms in total. The van der Waals surface area contributed by atoms with E-state index in [0.717, 1.165) is 24.8 Å². The first kappa shape index (κ1) is 7.52. The highest BCUT2D eigenvalue weighted by atomic mass is 16.3. The van der Waals surface area contributed by atoms with Gasteiger partial charge in [0.15, 0.2) is 0 Å². The van der Waals surface area contributed by atoms with E-state index in [4.69, 9.17) is 4.42 Å². The Hall–Kier alpha value is -0.760. The normalized spacial score (nSPS) is 43.7. The van der Waals surface area contributed by atoms with Crippen molar-refractivity contribution in [3.8, 4) is 0 Å². The fourth-order valence-electron chi connectivity index (χ4n) is 3.75. The van der Waals surface area contributed by atoms with E-state index in [-0.39, 0.29) is 0 Å². The summed E-state index contributed by atoms with van der Waals surface area (Å²) >= 11 is 0. The maximum absolute atomic E-state index is 5.57. The second-order valence-electron chi connectivity index (χ2n) is 5.05. The summed E-state index contributed by atoms with van der Waals surface area (Å²) in [6.45, 7) is 1.10. The molecule has 2 heteroatoms. The van der Waals surface area contributed by atoms with Crippen LogP contribution in [0.3, 0.4) is 0 Å². The maximum atomic E-state index is 5.57. The minimum absolute atomic E-state index is 0.325. The van der Waals surface area contributed by atoms with Gasteiger partial charge in [-0.3, -0.25) is 0 Å². The van der Waals surface area contributed by atoms with Crippen LogP contribution in [0.4, 0.5) is 0 Å². The molecule has 1 N–H and O–H groups in total. The van der Waals surface area contributed by atoms with Crippen LogP contribution in [-0.4, -0.2) is 6.54 Å². The summed E-state index contributed by atoms with van der Waals surface area (Å²) in [4.78, 5) is 0. The van der Waals surface area contributed by atoms with Crippen molar-refractivity contribution in [3.05, 3.63) is 23.7 Å². The Balaban J connectivity index is 1.88. The van der Waals surface area contributed by atoms with Crippen molar-refractivity contribution in [2.45, 2.75) is 31.2 Å². The molecule has 0 aromatic carbocycles. The number of fused-ring (bicyclic) bond motifs is 4. The molecule has 1 spiro atoms. The highest BCUT2D eigenvalue weighted by Gasteiger charge is 2.59. The number of rotatable bonds is 0. The Bertz CT molecular complexity index is 383. The van der Waals surface area contributed by atoms with Crippen LogP contribution in [0.25, 0.3) is 0 Å². The third kappa shape index (κ3) is 0.728. The first-order valence-corrected chi connectivity index (χ1v) is 5.72. The van der Waals surface area contributed by atoms with E-state index in [2.05, 4.69) is 11.4 Å². The summed E-state index contributed by atoms with van der Waals surface area (Å²) < 4.78 is 5.57. The molecule has 1 aromatic rings. The van der Waals surface area contributed by atoms with Crippen LogP contribution in [0.1, 0.15) is 30.6 Å². The lowest BCUT2D eigenvalue weighted by Gasteiger charge is -2.36. The summed E-state index contributed by atoms with van der Waals surface area (Å²) in [7, 11) is 0. The molecule has 1 aliphatic heterocycles. The third-order valence-corrected chi connectivity index (χ3v) is 4.48. The smallest absolute Gasteiger partial charge is 0.110 e. The van der Waals surface area contributed by atoms with Crippen LogP contribution in [0.2, 0.25) is 0 Å². The van der Waals surface area contributed by atoms with E-state index in [9.17, 15) is 0 Å². The van der Waals surface area contributed by atoms with E-state index < -0.39 is 0 Å². The Labute approximate surface area is 83.7 Å². The molecule has 0 radical (unpaired) electrons. The molecule has 3 unspecified atom stereocenters. The van der Waals surface area contributed by atoms with Crippen molar-refractivity contribution < 1.29 is 4.42 Å². The van der Waals surface area contributed by atoms with Gasteiger partial charge in [0, 0.05) is 18.5 Å². The van der Waals surface area contributed by atoms with Gasteiger partial charge < -0.3 is 9.73 Å². The van der Waals surface area contributed by atoms with Gasteiger partial charge in [-0.05, 0) is 37.2 Å². The SMILES string of the molecule is c1cc2c(o1)CCNC21CCC2CC21. The lowest BCUT2D eigenvalue weighted by molar-refractivity contribution is 0.269. The van der Waals surface area contributed by atoms with Crippen LogP contribution in [-0.2, 0) is 12.0 Å². The van der Waals surface area contributed by atoms with Crippen molar-refractivity contribution >= 4 is 0 Å². The largest absolute Gasteiger partial charge is 0.469 e. The van der Waals surface area contributed by atoms with E-state index >= 15 is 0 Å². The molecule has 3 aliphatic rings. The quantitative estimate of drug-likeness (QED) is 0.675. The van der Waals surface area contributed by atoms with Crippen molar-refractivity contribution in [1.29, 1.82) is 0 Å². The average Bonchev–Trinajstić information content (AvgIpc) is 2.69. The van der Waals surface area contributed by atoms with Gasteiger partial charge in [-0.15, -0.1) is 0 Å². The van der Waals surface area contributed by atoms with Crippen LogP contribution >= 0.6 is 0 Å². The topological polar surface area (TPSA) is 25.2 Å². The molecule has 14 heavy (non-hydrogen) atoms. The van der Waals surface area contributed by atoms with Crippen molar-refractivity contribution in [3.63, 3.8) is 0 Å². The van der Waals surface area contributed by atoms with Gasteiger partial charge in [-0.1, -0.05) is 0 Å². The Kier molecular flexibility index (Phi) is 1.21. The second-order valence-corrected chi connectivity index (χ2v) is 5.05. The zero-order valence-electron chi connectivity index (χ0n) is 8.25. The first-order chi connectivity index (χ1) is 6.90. The number of hydrogen-bond acceptors (Lipinski definition) is 2. The summed E-state index contributed by atoms with van der Waals surface area (Å²) in [6.07, 6.45) is 7.13. The van der Waals surface area contributed by atoms with E-state index in [1.54, 1.807) is 0 Å². The molecule has 2 fully saturated rings. The van der Waals surface area contributed by atoms with Gasteiger partial charge in [0.25, 0.3) is 0 Å². The molecule has 0 bridgehead atoms. The third-order valence-electron chi connectivity index (χ3n) is 4.48. The Morgan fingerprint density at radius 3 is 3.29 bits per heavy atom. The van der Waals surface area contributed by atoms with Gasteiger partial charge in [0.1, 0.15) is 5.76 Å². The van der Waals surface area contributed by atoms with Crippen LogP contribution < -0.4 is 5.32 Å². The summed E-state index contributed by atoms with van der Waals surface area (Å²) in [5.74, 6) is 3.18. The molecule has 1 aromatic heterocycles. The molecule has 4 rings (SSSR count). The minimum Gasteiger partial charge on any atom is -0.469 e. The predicted octanol–water partition coefficient (Wildman–Crippen LogP) is 2.05. The highest BCUT2D eigenvalue weighted by Crippen LogP contribution is 2.62. The first-order valence-electron chi connectivity index (χ1n) is 5.72. The van der Waals surface area contributed by atoms with Crippen LogP contribution in [0.15, 0.2) is 16.7 Å². The lowest BCUT2D eigenvalue weighted by Crippen LogP contribution is -2.47. The zero-order chi connectivity index (χ0) is 9.17. The molecular weight excluding hydrogens is 174 g/mol. The molecule has 2 saturated carbocycles. The standard InChI is InChI=1S/C12H15NO/c1-4-12(10-7-8(1)10)9-3-6-14-11(9)2-5-13-12/h3,6,8,10,13H,1-2,4-5,7H2. The van der Waals surface area contributed by atoms with E-state index in [1.807, 2.05) is 6.26 Å². The lowest BCUT2D eigenvalue weighted by atomic mass is 9.82. The highest BCUT2D eigenvalue weighted by molar-refractivity contribution is 5.35. The number of nitrogens with one attached hydrogen (secondary N) is 1. The predicted molar refractivity (Wildman–Crippen MR) is 52.9 cm³/mol. The van der Waals surface area contributed by atoms with Gasteiger partial charge in [-0.25, -0.2) is 0 Å². The van der Waals surface area contributed by atoms with Gasteiger partial charge in [0.05, 0.1) is 11.8 Å². The van der Waals surface area contributed by atoms with Gasteiger partial charge >= 0.3 is 0 Å². The molecule has 2 aliphatic carbocycles. The Morgan fingerprint density at radius 1 is 1.50 bits per heavy atom. The maximum Gasteiger partial charge on any atom is 0.110 e. The summed E-state index contributed by atoms with van der Waals surface area (Å²) in [6, 6.07) is 2.20. The van der Waals surface area contributed by atoms with Crippen molar-refractivity contribution in [2.75, 3.05) is 6.54 Å². The summed E-state index contributed by atoms with van der Waals surface area (Å²) in [5.41, 5.74) is 1.80. The van der Waals surface area contributed by atoms with Crippen LogP contribution in [0, 0.1) is 11.8 Å². The fourth-order valence-corrected chi connectivity index (χ4v) is 3.75. The van der Waals surface area contributed by atoms with Crippen molar-refractivity contribution in [2.24, 2.45) is 11.8 Å². The minimum atomic E-state index is 0.325. The van der Waals surface area contributed by atoms with Gasteiger partial charge in [0.2, 0.25) is 0 Å². The molecular formula is C12H15NO. The zero-order valence-corrected chi connectivity index (χ0v) is 8.25. The molecule has 0 amide bonds. The van der Waals surface area contributed by atoms with Crippen molar-refractivity contribution in [1.82, 2.24) is 5.32 Å². The van der Waals surface area contributed by atoms with Crippen LogP contribution in [0.5, 0.6) is 0 Å².